The molecule has 27 heavy (non-hydrogen) atoms. The Balaban J connectivity index is 0.00000261. The van der Waals surface area contributed by atoms with Crippen LogP contribution in [0.5, 0.6) is 0 Å². The van der Waals surface area contributed by atoms with Gasteiger partial charge in [0.05, 0.1) is 16.0 Å². The normalized spacial score (nSPS) is 25.3. The molecule has 2 aliphatic rings. The summed E-state index contributed by atoms with van der Waals surface area (Å²) in [6.45, 7) is 5.28. The summed E-state index contributed by atoms with van der Waals surface area (Å²) in [5.41, 5.74) is 6.36. The van der Waals surface area contributed by atoms with Crippen LogP contribution >= 0.6 is 35.6 Å². The molecule has 2 amide bonds. The number of hydrogen-bond donors (Lipinski definition) is 1. The van der Waals surface area contributed by atoms with E-state index in [9.17, 15) is 9.59 Å². The lowest BCUT2D eigenvalue weighted by atomic mass is 9.90. The van der Waals surface area contributed by atoms with Crippen LogP contribution in [0.15, 0.2) is 18.2 Å². The van der Waals surface area contributed by atoms with Crippen LogP contribution in [0.3, 0.4) is 0 Å². The number of halogens is 3. The van der Waals surface area contributed by atoms with Gasteiger partial charge in [0.15, 0.2) is 0 Å². The topological polar surface area (TPSA) is 66.6 Å². The van der Waals surface area contributed by atoms with Crippen molar-refractivity contribution in [3.05, 3.63) is 33.8 Å². The van der Waals surface area contributed by atoms with Crippen LogP contribution < -0.4 is 5.73 Å². The smallest absolute Gasteiger partial charge is 0.253 e. The maximum Gasteiger partial charge on any atom is 0.253 e. The number of carbonyl (C=O) groups is 2. The minimum Gasteiger partial charge on any atom is -0.342 e. The largest absolute Gasteiger partial charge is 0.342 e. The summed E-state index contributed by atoms with van der Waals surface area (Å²) in [5.74, 6) is -0.0984. The van der Waals surface area contributed by atoms with Crippen LogP contribution in [-0.2, 0) is 4.79 Å². The van der Waals surface area contributed by atoms with Crippen LogP contribution in [0, 0.1) is 11.3 Å². The molecule has 2 unspecified atom stereocenters. The van der Waals surface area contributed by atoms with Gasteiger partial charge >= 0.3 is 0 Å². The van der Waals surface area contributed by atoms with E-state index in [0.717, 1.165) is 25.8 Å². The van der Waals surface area contributed by atoms with E-state index in [4.69, 9.17) is 28.9 Å². The van der Waals surface area contributed by atoms with Crippen molar-refractivity contribution in [3.63, 3.8) is 0 Å². The van der Waals surface area contributed by atoms with E-state index >= 15 is 0 Å². The summed E-state index contributed by atoms with van der Waals surface area (Å²) in [6, 6.07) is 4.89. The molecule has 2 atom stereocenters. The number of carbonyl (C=O) groups excluding carboxylic acids is 2. The minimum absolute atomic E-state index is 0. The number of hydrogen-bond acceptors (Lipinski definition) is 3. The highest BCUT2D eigenvalue weighted by molar-refractivity contribution is 6.42. The maximum atomic E-state index is 12.9. The molecule has 0 spiro atoms. The molecular weight excluding hydrogens is 409 g/mol. The lowest BCUT2D eigenvalue weighted by Gasteiger charge is -2.34. The Bertz CT molecular complexity index is 715. The van der Waals surface area contributed by atoms with E-state index in [2.05, 4.69) is 6.92 Å². The Morgan fingerprint density at radius 2 is 1.96 bits per heavy atom. The Labute approximate surface area is 176 Å². The summed E-state index contributed by atoms with van der Waals surface area (Å²) in [5, 5.41) is 0.784. The molecule has 2 fully saturated rings. The standard InChI is InChI=1S/C19H25Cl2N3O2.ClH/c1-19(11-22)6-8-24(12-19)18(26)14-3-2-7-23(10-14)17(25)13-4-5-15(20)16(21)9-13;/h4-5,9,14H,2-3,6-8,10-12,22H2,1H3;1H. The molecule has 1 aromatic carbocycles. The highest BCUT2D eigenvalue weighted by atomic mass is 35.5. The van der Waals surface area contributed by atoms with Crippen molar-refractivity contribution in [2.75, 3.05) is 32.7 Å². The van der Waals surface area contributed by atoms with Crippen LogP contribution in [-0.4, -0.2) is 54.3 Å². The maximum absolute atomic E-state index is 12.9. The number of rotatable bonds is 3. The van der Waals surface area contributed by atoms with Gasteiger partial charge in [-0.05, 0) is 49.4 Å². The average molecular weight is 435 g/mol. The molecule has 1 aromatic rings. The van der Waals surface area contributed by atoms with Crippen molar-refractivity contribution in [1.29, 1.82) is 0 Å². The average Bonchev–Trinajstić information content (AvgIpc) is 3.06. The second kappa shape index (κ2) is 8.99. The fourth-order valence-electron chi connectivity index (χ4n) is 3.81. The van der Waals surface area contributed by atoms with Crippen LogP contribution in [0.2, 0.25) is 10.0 Å². The molecule has 2 aliphatic heterocycles. The molecule has 150 valence electrons. The number of nitrogens with two attached hydrogens (primary N) is 1. The first-order valence-corrected chi connectivity index (χ1v) is 9.82. The third-order valence-corrected chi connectivity index (χ3v) is 6.33. The molecule has 2 saturated heterocycles. The molecule has 8 heteroatoms. The molecule has 0 aliphatic carbocycles. The van der Waals surface area contributed by atoms with Gasteiger partial charge in [-0.15, -0.1) is 12.4 Å². The Morgan fingerprint density at radius 3 is 2.59 bits per heavy atom. The molecule has 2 N–H and O–H groups in total. The first kappa shape index (κ1) is 22.3. The van der Waals surface area contributed by atoms with Gasteiger partial charge in [-0.1, -0.05) is 30.1 Å². The molecule has 0 bridgehead atoms. The third kappa shape index (κ3) is 4.89. The molecule has 0 radical (unpaired) electrons. The van der Waals surface area contributed by atoms with Crippen molar-refractivity contribution in [2.45, 2.75) is 26.2 Å². The van der Waals surface area contributed by atoms with Gasteiger partial charge in [-0.25, -0.2) is 0 Å². The molecular formula is C19H26Cl3N3O2. The third-order valence-electron chi connectivity index (χ3n) is 5.59. The zero-order chi connectivity index (χ0) is 18.9. The second-order valence-corrected chi connectivity index (χ2v) is 8.56. The number of amides is 2. The van der Waals surface area contributed by atoms with E-state index < -0.39 is 0 Å². The predicted molar refractivity (Wildman–Crippen MR) is 111 cm³/mol. The monoisotopic (exact) mass is 433 g/mol. The quantitative estimate of drug-likeness (QED) is 0.792. The number of likely N-dealkylation sites (tertiary alicyclic amines) is 2. The molecule has 5 nitrogen and oxygen atoms in total. The van der Waals surface area contributed by atoms with Crippen molar-refractivity contribution < 1.29 is 9.59 Å². The van der Waals surface area contributed by atoms with Gasteiger partial charge in [-0.2, -0.15) is 0 Å². The summed E-state index contributed by atoms with van der Waals surface area (Å²) >= 11 is 12.0. The van der Waals surface area contributed by atoms with Gasteiger partial charge in [0.25, 0.3) is 5.91 Å². The molecule has 0 aromatic heterocycles. The summed E-state index contributed by atoms with van der Waals surface area (Å²) < 4.78 is 0. The lowest BCUT2D eigenvalue weighted by Crippen LogP contribution is -2.46. The Hall–Kier alpha value is -1.01. The second-order valence-electron chi connectivity index (χ2n) is 7.74. The van der Waals surface area contributed by atoms with E-state index in [1.807, 2.05) is 4.90 Å². The first-order valence-electron chi connectivity index (χ1n) is 9.06. The predicted octanol–water partition coefficient (Wildman–Crippen LogP) is 3.46. The number of piperidine rings is 1. The van der Waals surface area contributed by atoms with Gasteiger partial charge in [0, 0.05) is 31.7 Å². The number of nitrogens with zero attached hydrogens (tertiary/aromatic N) is 2. The molecule has 0 saturated carbocycles. The molecule has 3 rings (SSSR count). The molecule has 2 heterocycles. The fraction of sp³-hybridized carbons (Fsp3) is 0.579. The van der Waals surface area contributed by atoms with Crippen molar-refractivity contribution in [3.8, 4) is 0 Å². The van der Waals surface area contributed by atoms with E-state index in [0.29, 0.717) is 41.8 Å². The Kier molecular flexibility index (Phi) is 7.42. The zero-order valence-electron chi connectivity index (χ0n) is 15.4. The number of benzene rings is 1. The van der Waals surface area contributed by atoms with E-state index in [1.54, 1.807) is 23.1 Å². The van der Waals surface area contributed by atoms with Crippen LogP contribution in [0.1, 0.15) is 36.5 Å². The van der Waals surface area contributed by atoms with Gasteiger partial charge in [0.1, 0.15) is 0 Å². The van der Waals surface area contributed by atoms with Crippen molar-refractivity contribution in [2.24, 2.45) is 17.1 Å². The Morgan fingerprint density at radius 1 is 1.22 bits per heavy atom. The zero-order valence-corrected chi connectivity index (χ0v) is 17.7. The summed E-state index contributed by atoms with van der Waals surface area (Å²) in [6.07, 6.45) is 2.58. The summed E-state index contributed by atoms with van der Waals surface area (Å²) in [4.78, 5) is 29.4. The van der Waals surface area contributed by atoms with Crippen molar-refractivity contribution >= 4 is 47.4 Å². The highest BCUT2D eigenvalue weighted by Gasteiger charge is 2.38. The van der Waals surface area contributed by atoms with Crippen molar-refractivity contribution in [1.82, 2.24) is 9.80 Å². The SMILES string of the molecule is CC1(CN)CCN(C(=O)C2CCCN(C(=O)c3ccc(Cl)c(Cl)c3)C2)C1.Cl. The first-order chi connectivity index (χ1) is 12.3. The van der Waals surface area contributed by atoms with Crippen LogP contribution in [0.25, 0.3) is 0 Å². The van der Waals surface area contributed by atoms with E-state index in [1.165, 1.54) is 0 Å². The fourth-order valence-corrected chi connectivity index (χ4v) is 4.11. The van der Waals surface area contributed by atoms with E-state index in [-0.39, 0.29) is 35.6 Å². The van der Waals surface area contributed by atoms with Crippen LogP contribution in [0.4, 0.5) is 0 Å². The van der Waals surface area contributed by atoms with Gasteiger partial charge < -0.3 is 15.5 Å². The van der Waals surface area contributed by atoms with Gasteiger partial charge in [-0.3, -0.25) is 9.59 Å². The highest BCUT2D eigenvalue weighted by Crippen LogP contribution is 2.31. The minimum atomic E-state index is -0.143. The van der Waals surface area contributed by atoms with Gasteiger partial charge in [0.2, 0.25) is 5.91 Å². The lowest BCUT2D eigenvalue weighted by molar-refractivity contribution is -0.136. The summed E-state index contributed by atoms with van der Waals surface area (Å²) in [7, 11) is 0.